The zero-order chi connectivity index (χ0) is 16.5. The Kier molecular flexibility index (Phi) is 4.97. The third-order valence-electron chi connectivity index (χ3n) is 4.89. The Bertz CT molecular complexity index is 591. The topological polar surface area (TPSA) is 44.1 Å². The average Bonchev–Trinajstić information content (AvgIpc) is 2.87. The molecule has 1 amide bonds. The van der Waals surface area contributed by atoms with Crippen LogP contribution in [0.5, 0.6) is 0 Å². The van der Waals surface area contributed by atoms with Crippen molar-refractivity contribution in [1.82, 2.24) is 4.90 Å². The summed E-state index contributed by atoms with van der Waals surface area (Å²) >= 11 is 1.65. The molecule has 22 heavy (non-hydrogen) atoms. The van der Waals surface area contributed by atoms with E-state index in [-0.39, 0.29) is 11.9 Å². The van der Waals surface area contributed by atoms with E-state index < -0.39 is 0 Å². The number of hydrogen-bond donors (Lipinski definition) is 0. The predicted molar refractivity (Wildman–Crippen MR) is 91.1 cm³/mol. The van der Waals surface area contributed by atoms with Crippen LogP contribution in [0.25, 0.3) is 0 Å². The van der Waals surface area contributed by atoms with Crippen molar-refractivity contribution in [3.63, 3.8) is 0 Å². The fourth-order valence-electron chi connectivity index (χ4n) is 3.01. The van der Waals surface area contributed by atoms with Gasteiger partial charge in [-0.15, -0.1) is 11.3 Å². The Balaban J connectivity index is 2.15. The molecular weight excluding hydrogens is 292 g/mol. The minimum absolute atomic E-state index is 0.0426. The van der Waals surface area contributed by atoms with E-state index in [2.05, 4.69) is 32.9 Å². The number of nitrogens with zero attached hydrogens (tertiary/aromatic N) is 2. The monoisotopic (exact) mass is 318 g/mol. The normalized spacial score (nSPS) is 19.2. The lowest BCUT2D eigenvalue weighted by Crippen LogP contribution is -2.34. The van der Waals surface area contributed by atoms with Gasteiger partial charge in [0.15, 0.2) is 0 Å². The number of nitriles is 1. The van der Waals surface area contributed by atoms with Gasteiger partial charge in [0.05, 0.1) is 17.4 Å². The molecule has 0 aliphatic heterocycles. The first-order chi connectivity index (χ1) is 10.2. The van der Waals surface area contributed by atoms with Crippen LogP contribution in [0.1, 0.15) is 60.6 Å². The number of carbonyl (C=O) groups is 1. The van der Waals surface area contributed by atoms with Crippen molar-refractivity contribution < 1.29 is 4.79 Å². The van der Waals surface area contributed by atoms with Crippen molar-refractivity contribution in [3.05, 3.63) is 21.4 Å². The highest BCUT2D eigenvalue weighted by Crippen LogP contribution is 2.40. The van der Waals surface area contributed by atoms with Crippen molar-refractivity contribution in [2.45, 2.75) is 59.4 Å². The van der Waals surface area contributed by atoms with Gasteiger partial charge in [-0.05, 0) is 49.1 Å². The van der Waals surface area contributed by atoms with Crippen LogP contribution in [0, 0.1) is 22.7 Å². The van der Waals surface area contributed by atoms with Gasteiger partial charge in [-0.25, -0.2) is 0 Å². The third kappa shape index (κ3) is 3.52. The van der Waals surface area contributed by atoms with Gasteiger partial charge >= 0.3 is 0 Å². The van der Waals surface area contributed by atoms with Crippen LogP contribution in [-0.4, -0.2) is 23.9 Å². The molecule has 2 rings (SSSR count). The largest absolute Gasteiger partial charge is 0.337 e. The predicted octanol–water partition coefficient (Wildman–Crippen LogP) is 4.27. The molecule has 0 spiro atoms. The molecule has 1 aromatic heterocycles. The quantitative estimate of drug-likeness (QED) is 0.835. The highest BCUT2D eigenvalue weighted by Gasteiger charge is 2.31. The van der Waals surface area contributed by atoms with E-state index in [1.54, 1.807) is 23.3 Å². The van der Waals surface area contributed by atoms with Crippen LogP contribution >= 0.6 is 11.3 Å². The van der Waals surface area contributed by atoms with Crippen molar-refractivity contribution in [3.8, 4) is 6.07 Å². The Hall–Kier alpha value is -1.34. The number of hydrogen-bond acceptors (Lipinski definition) is 3. The lowest BCUT2D eigenvalue weighted by atomic mass is 9.72. The summed E-state index contributed by atoms with van der Waals surface area (Å²) in [5.74, 6) is 0.738. The third-order valence-corrected chi connectivity index (χ3v) is 6.11. The molecule has 0 bridgehead atoms. The SMILES string of the molecule is CC(CC#N)N(C)C(=O)c1cc2c(s1)CCC(C(C)(C)C)C2. The summed E-state index contributed by atoms with van der Waals surface area (Å²) in [6, 6.07) is 4.19. The Morgan fingerprint density at radius 3 is 2.82 bits per heavy atom. The summed E-state index contributed by atoms with van der Waals surface area (Å²) in [7, 11) is 1.79. The zero-order valence-corrected chi connectivity index (χ0v) is 15.1. The Labute approximate surface area is 137 Å². The fraction of sp³-hybridized carbons (Fsp3) is 0.667. The number of thiophene rings is 1. The van der Waals surface area contributed by atoms with Crippen molar-refractivity contribution in [2.24, 2.45) is 11.3 Å². The second-order valence-electron chi connectivity index (χ2n) is 7.49. The molecule has 0 radical (unpaired) electrons. The van der Waals surface area contributed by atoms with Gasteiger partial charge in [-0.3, -0.25) is 4.79 Å². The van der Waals surface area contributed by atoms with Gasteiger partial charge in [0.2, 0.25) is 0 Å². The molecule has 120 valence electrons. The lowest BCUT2D eigenvalue weighted by molar-refractivity contribution is 0.0751. The minimum Gasteiger partial charge on any atom is -0.337 e. The number of amides is 1. The molecule has 2 unspecified atom stereocenters. The maximum absolute atomic E-state index is 12.6. The Morgan fingerprint density at radius 2 is 2.23 bits per heavy atom. The van der Waals surface area contributed by atoms with Crippen LogP contribution < -0.4 is 0 Å². The number of rotatable bonds is 3. The van der Waals surface area contributed by atoms with Gasteiger partial charge < -0.3 is 4.90 Å². The summed E-state index contributed by atoms with van der Waals surface area (Å²) in [6.45, 7) is 8.83. The van der Waals surface area contributed by atoms with Crippen LogP contribution in [0.3, 0.4) is 0 Å². The molecule has 1 aliphatic carbocycles. The van der Waals surface area contributed by atoms with E-state index in [9.17, 15) is 4.79 Å². The molecule has 1 aromatic rings. The van der Waals surface area contributed by atoms with E-state index >= 15 is 0 Å². The van der Waals surface area contributed by atoms with E-state index in [0.717, 1.165) is 17.7 Å². The second kappa shape index (κ2) is 6.42. The van der Waals surface area contributed by atoms with Crippen molar-refractivity contribution in [2.75, 3.05) is 7.05 Å². The van der Waals surface area contributed by atoms with Crippen LogP contribution in [0.15, 0.2) is 6.07 Å². The number of aryl methyl sites for hydroxylation is 1. The van der Waals surface area contributed by atoms with E-state index in [4.69, 9.17) is 5.26 Å². The first kappa shape index (κ1) is 17.0. The molecule has 3 nitrogen and oxygen atoms in total. The molecule has 4 heteroatoms. The lowest BCUT2D eigenvalue weighted by Gasteiger charge is -2.33. The average molecular weight is 318 g/mol. The number of carbonyl (C=O) groups excluding carboxylic acids is 1. The van der Waals surface area contributed by atoms with Gasteiger partial charge in [-0.1, -0.05) is 20.8 Å². The first-order valence-electron chi connectivity index (χ1n) is 7.99. The van der Waals surface area contributed by atoms with Crippen molar-refractivity contribution in [1.29, 1.82) is 5.26 Å². The summed E-state index contributed by atoms with van der Waals surface area (Å²) in [5, 5.41) is 8.79. The number of fused-ring (bicyclic) bond motifs is 1. The van der Waals surface area contributed by atoms with Crippen LogP contribution in [0.4, 0.5) is 0 Å². The maximum Gasteiger partial charge on any atom is 0.263 e. The summed E-state index contributed by atoms with van der Waals surface area (Å²) < 4.78 is 0. The second-order valence-corrected chi connectivity index (χ2v) is 8.63. The highest BCUT2D eigenvalue weighted by molar-refractivity contribution is 7.14. The molecule has 2 atom stereocenters. The van der Waals surface area contributed by atoms with Gasteiger partial charge in [0.1, 0.15) is 0 Å². The van der Waals surface area contributed by atoms with E-state index in [0.29, 0.717) is 17.8 Å². The molecule has 1 aliphatic rings. The summed E-state index contributed by atoms with van der Waals surface area (Å²) in [4.78, 5) is 16.5. The standard InChI is InChI=1S/C18H26N2OS/c1-12(8-9-19)20(5)17(21)16-11-13-10-14(18(2,3)4)6-7-15(13)22-16/h11-12,14H,6-8,10H2,1-5H3. The molecule has 0 aromatic carbocycles. The van der Waals surface area contributed by atoms with Gasteiger partial charge in [0, 0.05) is 18.0 Å². The zero-order valence-electron chi connectivity index (χ0n) is 14.3. The van der Waals surface area contributed by atoms with Gasteiger partial charge in [0.25, 0.3) is 5.91 Å². The highest BCUT2D eigenvalue weighted by atomic mass is 32.1. The fourth-order valence-corrected chi connectivity index (χ4v) is 4.20. The molecular formula is C18H26N2OS. The first-order valence-corrected chi connectivity index (χ1v) is 8.81. The molecule has 0 saturated carbocycles. The van der Waals surface area contributed by atoms with Crippen molar-refractivity contribution >= 4 is 17.2 Å². The molecule has 0 fully saturated rings. The molecule has 1 heterocycles. The van der Waals surface area contributed by atoms with E-state index in [1.807, 2.05) is 6.92 Å². The molecule has 0 N–H and O–H groups in total. The molecule has 0 saturated heterocycles. The summed E-state index contributed by atoms with van der Waals surface area (Å²) in [5.41, 5.74) is 1.68. The minimum atomic E-state index is -0.0426. The van der Waals surface area contributed by atoms with Crippen LogP contribution in [-0.2, 0) is 12.8 Å². The summed E-state index contributed by atoms with van der Waals surface area (Å²) in [6.07, 6.45) is 3.76. The van der Waals surface area contributed by atoms with Crippen LogP contribution in [0.2, 0.25) is 0 Å². The smallest absolute Gasteiger partial charge is 0.263 e. The van der Waals surface area contributed by atoms with Gasteiger partial charge in [-0.2, -0.15) is 5.26 Å². The van der Waals surface area contributed by atoms with E-state index in [1.165, 1.54) is 16.9 Å². The maximum atomic E-state index is 12.6. The Morgan fingerprint density at radius 1 is 1.55 bits per heavy atom.